The van der Waals surface area contributed by atoms with Gasteiger partial charge in [0.2, 0.25) is 0 Å². The molecular weight excluding hydrogens is 572 g/mol. The number of ketones is 1. The third-order valence-corrected chi connectivity index (χ3v) is 9.70. The zero-order valence-electron chi connectivity index (χ0n) is 23.6. The minimum atomic E-state index is -1.02. The predicted molar refractivity (Wildman–Crippen MR) is 167 cm³/mol. The molecule has 0 spiro atoms. The van der Waals surface area contributed by atoms with E-state index in [0.717, 1.165) is 52.5 Å². The van der Waals surface area contributed by atoms with E-state index in [4.69, 9.17) is 21.4 Å². The van der Waals surface area contributed by atoms with Gasteiger partial charge in [-0.25, -0.2) is 4.79 Å². The van der Waals surface area contributed by atoms with Crippen LogP contribution in [0.1, 0.15) is 58.2 Å². The molecule has 5 rings (SSSR count). The average Bonchev–Trinajstić information content (AvgIpc) is 3.35. The summed E-state index contributed by atoms with van der Waals surface area (Å²) < 4.78 is 6.69. The number of Topliss-reactive ketones (excluding diaryl/α,β-unsaturated/α-hetero) is 1. The van der Waals surface area contributed by atoms with Gasteiger partial charge in [-0.15, -0.1) is 11.3 Å². The van der Waals surface area contributed by atoms with E-state index in [1.807, 2.05) is 71.6 Å². The molecule has 0 bridgehead atoms. The fourth-order valence-electron chi connectivity index (χ4n) is 5.70. The molecule has 4 aromatic rings. The number of thiophene rings is 1. The first-order valence-electron chi connectivity index (χ1n) is 14.0. The number of benzene rings is 3. The van der Waals surface area contributed by atoms with Crippen molar-refractivity contribution < 1.29 is 24.2 Å². The maximum atomic E-state index is 14.3. The molecule has 42 heavy (non-hydrogen) atoms. The van der Waals surface area contributed by atoms with Crippen molar-refractivity contribution in [2.45, 2.75) is 45.2 Å². The average molecular weight is 605 g/mol. The second-order valence-electron chi connectivity index (χ2n) is 10.7. The summed E-state index contributed by atoms with van der Waals surface area (Å²) in [7, 11) is 1.62. The zero-order valence-corrected chi connectivity index (χ0v) is 25.1. The van der Waals surface area contributed by atoms with Crippen LogP contribution < -0.4 is 10.1 Å². The Morgan fingerprint density at radius 2 is 1.69 bits per heavy atom. The number of hydrogen-bond donors (Lipinski definition) is 2. The van der Waals surface area contributed by atoms with E-state index in [1.165, 1.54) is 11.3 Å². The number of carbonyl (C=O) groups is 3. The maximum absolute atomic E-state index is 14.3. The van der Waals surface area contributed by atoms with Gasteiger partial charge in [-0.1, -0.05) is 60.1 Å². The molecule has 1 fully saturated rings. The highest BCUT2D eigenvalue weighted by atomic mass is 35.5. The molecule has 2 amide bonds. The Morgan fingerprint density at radius 3 is 2.33 bits per heavy atom. The molecule has 1 saturated carbocycles. The Bertz CT molecular complexity index is 1610. The monoisotopic (exact) mass is 604 g/mol. The Hall–Kier alpha value is -3.88. The molecule has 0 saturated heterocycles. The van der Waals surface area contributed by atoms with Gasteiger partial charge in [-0.3, -0.25) is 9.59 Å². The van der Waals surface area contributed by atoms with Gasteiger partial charge in [-0.05, 0) is 67.9 Å². The van der Waals surface area contributed by atoms with E-state index in [0.29, 0.717) is 34.3 Å². The van der Waals surface area contributed by atoms with Crippen molar-refractivity contribution in [3.63, 3.8) is 0 Å². The first-order valence-corrected chi connectivity index (χ1v) is 15.2. The molecule has 7 nitrogen and oxygen atoms in total. The molecule has 1 aliphatic carbocycles. The minimum absolute atomic E-state index is 0.0134. The number of hydrogen-bond acceptors (Lipinski definition) is 5. The number of nitrogens with one attached hydrogen (secondary N) is 1. The lowest BCUT2D eigenvalue weighted by molar-refractivity contribution is 0.0592. The van der Waals surface area contributed by atoms with Crippen molar-refractivity contribution in [3.05, 3.63) is 87.8 Å². The lowest BCUT2D eigenvalue weighted by atomic mass is 9.85. The summed E-state index contributed by atoms with van der Waals surface area (Å²) >= 11 is 8.18. The van der Waals surface area contributed by atoms with Gasteiger partial charge < -0.3 is 20.1 Å². The number of methoxy groups -OCH3 is 1. The van der Waals surface area contributed by atoms with Gasteiger partial charge in [0, 0.05) is 40.3 Å². The Balaban J connectivity index is 1.47. The fraction of sp³-hybridized carbons (Fsp3) is 0.303. The summed E-state index contributed by atoms with van der Waals surface area (Å²) in [6, 6.07) is 21.1. The highest BCUT2D eigenvalue weighted by Crippen LogP contribution is 2.39. The van der Waals surface area contributed by atoms with Crippen molar-refractivity contribution >= 4 is 50.8 Å². The zero-order chi connectivity index (χ0) is 29.8. The number of nitrogens with zero attached hydrogens (tertiary/aromatic N) is 1. The predicted octanol–water partition coefficient (Wildman–Crippen LogP) is 7.90. The topological polar surface area (TPSA) is 95.9 Å². The van der Waals surface area contributed by atoms with E-state index >= 15 is 0 Å². The van der Waals surface area contributed by atoms with Crippen LogP contribution in [0.2, 0.25) is 5.02 Å². The van der Waals surface area contributed by atoms with Crippen LogP contribution in [0, 0.1) is 5.92 Å². The summed E-state index contributed by atoms with van der Waals surface area (Å²) in [5.41, 5.74) is 3.43. The van der Waals surface area contributed by atoms with Gasteiger partial charge >= 0.3 is 6.09 Å². The fourth-order valence-corrected chi connectivity index (χ4v) is 7.17. The number of carbonyl (C=O) groups excluding carboxylic acids is 2. The van der Waals surface area contributed by atoms with Crippen molar-refractivity contribution in [1.29, 1.82) is 0 Å². The maximum Gasteiger partial charge on any atom is 0.404 e. The Kier molecular flexibility index (Phi) is 9.14. The van der Waals surface area contributed by atoms with Gasteiger partial charge in [0.05, 0.1) is 12.1 Å². The summed E-state index contributed by atoms with van der Waals surface area (Å²) in [5.74, 6) is 0.808. The van der Waals surface area contributed by atoms with Crippen LogP contribution in [0.4, 0.5) is 4.79 Å². The summed E-state index contributed by atoms with van der Waals surface area (Å²) in [6.07, 6.45) is 2.13. The SMILES string of the molecule is COc1ccc(-c2ccc(C(C)=O)cc2)cc1CN(C(=O)c1sc2ccccc2c1Cl)C1CCC(CNC(=O)O)CC1. The molecule has 1 aromatic heterocycles. The van der Waals surface area contributed by atoms with E-state index in [-0.39, 0.29) is 23.7 Å². The van der Waals surface area contributed by atoms with Crippen LogP contribution in [-0.2, 0) is 6.54 Å². The standard InChI is InChI=1S/C33H33ClN2O5S/c1-20(37)22-9-11-23(12-10-22)24-13-16-28(41-2)25(17-24)19-36(26-14-7-21(8-15-26)18-35-33(39)40)32(38)31-30(34)27-5-3-4-6-29(27)42-31/h3-6,9-13,16-17,21,26,35H,7-8,14-15,18-19H2,1-2H3,(H,39,40). The second kappa shape index (κ2) is 13.0. The number of ether oxygens (including phenoxy) is 1. The molecule has 9 heteroatoms. The third kappa shape index (κ3) is 6.45. The number of rotatable bonds is 9. The molecule has 1 aliphatic rings. The van der Waals surface area contributed by atoms with Gasteiger partial charge in [0.15, 0.2) is 5.78 Å². The normalized spacial score (nSPS) is 16.6. The smallest absolute Gasteiger partial charge is 0.404 e. The van der Waals surface area contributed by atoms with Crippen molar-refractivity contribution in [3.8, 4) is 16.9 Å². The van der Waals surface area contributed by atoms with Crippen LogP contribution in [0.25, 0.3) is 21.2 Å². The van der Waals surface area contributed by atoms with Crippen LogP contribution in [0.15, 0.2) is 66.7 Å². The molecule has 1 heterocycles. The van der Waals surface area contributed by atoms with Gasteiger partial charge in [0.25, 0.3) is 5.91 Å². The number of amides is 2. The third-order valence-electron chi connectivity index (χ3n) is 8.03. The Morgan fingerprint density at radius 1 is 1.00 bits per heavy atom. The first kappa shape index (κ1) is 29.6. The summed E-state index contributed by atoms with van der Waals surface area (Å²) in [4.78, 5) is 39.5. The first-order chi connectivity index (χ1) is 20.2. The quantitative estimate of drug-likeness (QED) is 0.189. The van der Waals surface area contributed by atoms with Crippen LogP contribution in [-0.4, -0.2) is 47.5 Å². The highest BCUT2D eigenvalue weighted by molar-refractivity contribution is 7.21. The summed E-state index contributed by atoms with van der Waals surface area (Å²) in [5, 5.41) is 12.9. The largest absolute Gasteiger partial charge is 0.496 e. The van der Waals surface area contributed by atoms with E-state index < -0.39 is 6.09 Å². The minimum Gasteiger partial charge on any atom is -0.496 e. The molecule has 0 radical (unpaired) electrons. The number of fused-ring (bicyclic) bond motifs is 1. The van der Waals surface area contributed by atoms with Crippen molar-refractivity contribution in [2.75, 3.05) is 13.7 Å². The Labute approximate surface area is 254 Å². The van der Waals surface area contributed by atoms with Crippen molar-refractivity contribution in [1.82, 2.24) is 10.2 Å². The van der Waals surface area contributed by atoms with Crippen LogP contribution in [0.3, 0.4) is 0 Å². The van der Waals surface area contributed by atoms with E-state index in [9.17, 15) is 14.4 Å². The van der Waals surface area contributed by atoms with Crippen LogP contribution in [0.5, 0.6) is 5.75 Å². The highest BCUT2D eigenvalue weighted by Gasteiger charge is 2.32. The van der Waals surface area contributed by atoms with Crippen LogP contribution >= 0.6 is 22.9 Å². The second-order valence-corrected chi connectivity index (χ2v) is 12.1. The molecule has 0 unspecified atom stereocenters. The van der Waals surface area contributed by atoms with Gasteiger partial charge in [0.1, 0.15) is 10.6 Å². The number of carboxylic acid groups (broad SMARTS) is 1. The lowest BCUT2D eigenvalue weighted by Gasteiger charge is -2.37. The molecule has 0 atom stereocenters. The molecule has 0 aliphatic heterocycles. The molecular formula is C33H33ClN2O5S. The molecule has 3 aromatic carbocycles. The molecule has 218 valence electrons. The summed E-state index contributed by atoms with van der Waals surface area (Å²) in [6.45, 7) is 2.29. The van der Waals surface area contributed by atoms with E-state index in [1.54, 1.807) is 14.0 Å². The van der Waals surface area contributed by atoms with E-state index in [2.05, 4.69) is 5.32 Å². The molecule has 2 N–H and O–H groups in total. The lowest BCUT2D eigenvalue weighted by Crippen LogP contribution is -2.43. The van der Waals surface area contributed by atoms with Crippen molar-refractivity contribution in [2.24, 2.45) is 5.92 Å². The number of halogens is 1. The van der Waals surface area contributed by atoms with Gasteiger partial charge in [-0.2, -0.15) is 0 Å².